The molecule has 3 heterocycles. The number of methoxy groups -OCH3 is 1. The van der Waals surface area contributed by atoms with Crippen LogP contribution >= 0.6 is 11.3 Å². The summed E-state index contributed by atoms with van der Waals surface area (Å²) in [5.74, 6) is 1.76. The number of para-hydroxylation sites is 1. The van der Waals surface area contributed by atoms with Crippen molar-refractivity contribution in [3.05, 3.63) is 45.8 Å². The van der Waals surface area contributed by atoms with Gasteiger partial charge in [0.05, 0.1) is 24.1 Å². The summed E-state index contributed by atoms with van der Waals surface area (Å²) >= 11 is 1.42. The number of amides is 1. The van der Waals surface area contributed by atoms with Gasteiger partial charge in [0.25, 0.3) is 0 Å². The van der Waals surface area contributed by atoms with Gasteiger partial charge >= 0.3 is 0 Å². The zero-order valence-electron chi connectivity index (χ0n) is 21.0. The third-order valence-electron chi connectivity index (χ3n) is 6.83. The van der Waals surface area contributed by atoms with Crippen LogP contribution in [0.3, 0.4) is 0 Å². The number of hydrogen-bond donors (Lipinski definition) is 0. The first-order chi connectivity index (χ1) is 16.9. The van der Waals surface area contributed by atoms with E-state index in [1.54, 1.807) is 25.9 Å². The highest BCUT2D eigenvalue weighted by Crippen LogP contribution is 2.41. The monoisotopic (exact) mass is 498 g/mol. The van der Waals surface area contributed by atoms with Crippen LogP contribution in [-0.4, -0.2) is 57.6 Å². The van der Waals surface area contributed by atoms with Gasteiger partial charge in [0, 0.05) is 32.6 Å². The number of aliphatic imine (C=N–C) groups is 1. The van der Waals surface area contributed by atoms with Gasteiger partial charge in [0.2, 0.25) is 11.8 Å². The third kappa shape index (κ3) is 5.59. The van der Waals surface area contributed by atoms with E-state index in [-0.39, 0.29) is 17.6 Å². The molecule has 7 nitrogen and oxygen atoms in total. The predicted octanol–water partition coefficient (Wildman–Crippen LogP) is 5.00. The number of ketones is 1. The van der Waals surface area contributed by atoms with E-state index in [0.29, 0.717) is 42.1 Å². The first kappa shape index (κ1) is 25.4. The van der Waals surface area contributed by atoms with E-state index in [0.717, 1.165) is 54.2 Å². The van der Waals surface area contributed by atoms with E-state index in [1.807, 2.05) is 25.1 Å². The molecule has 188 valence electrons. The maximum atomic E-state index is 13.1. The lowest BCUT2D eigenvalue weighted by Gasteiger charge is -2.31. The molecule has 0 spiro atoms. The Morgan fingerprint density at radius 1 is 1.20 bits per heavy atom. The average Bonchev–Trinajstić information content (AvgIpc) is 3.50. The van der Waals surface area contributed by atoms with Crippen LogP contribution in [0, 0.1) is 12.8 Å². The van der Waals surface area contributed by atoms with Crippen molar-refractivity contribution in [2.75, 3.05) is 44.9 Å². The van der Waals surface area contributed by atoms with Crippen molar-refractivity contribution in [3.63, 3.8) is 0 Å². The zero-order chi connectivity index (χ0) is 24.9. The number of carbonyl (C=O) groups excluding carboxylic acids is 2. The van der Waals surface area contributed by atoms with Crippen molar-refractivity contribution in [1.82, 2.24) is 0 Å². The highest BCUT2D eigenvalue weighted by molar-refractivity contribution is 7.18. The van der Waals surface area contributed by atoms with E-state index in [9.17, 15) is 9.59 Å². The van der Waals surface area contributed by atoms with Crippen LogP contribution in [0.1, 0.15) is 65.4 Å². The number of benzene rings is 1. The Labute approximate surface area is 211 Å². The summed E-state index contributed by atoms with van der Waals surface area (Å²) in [6, 6.07) is 8.02. The molecule has 2 aliphatic heterocycles. The molecule has 1 atom stereocenters. The Morgan fingerprint density at radius 3 is 2.57 bits per heavy atom. The minimum Gasteiger partial charge on any atom is -0.496 e. The summed E-state index contributed by atoms with van der Waals surface area (Å²) in [6.45, 7) is 8.17. The number of carbonyl (C=O) groups is 2. The number of hydrogen-bond acceptors (Lipinski definition) is 7. The molecule has 0 N–H and O–H groups in total. The van der Waals surface area contributed by atoms with Gasteiger partial charge in [-0.05, 0) is 56.2 Å². The van der Waals surface area contributed by atoms with Gasteiger partial charge in [-0.3, -0.25) is 9.59 Å². The van der Waals surface area contributed by atoms with Crippen molar-refractivity contribution in [2.24, 2.45) is 10.9 Å². The second-order valence-electron chi connectivity index (χ2n) is 9.19. The van der Waals surface area contributed by atoms with Gasteiger partial charge in [-0.25, -0.2) is 4.99 Å². The molecule has 8 heteroatoms. The van der Waals surface area contributed by atoms with Crippen LogP contribution < -0.4 is 9.64 Å². The van der Waals surface area contributed by atoms with Gasteiger partial charge in [-0.15, -0.1) is 11.3 Å². The Kier molecular flexibility index (Phi) is 8.23. The Bertz CT molecular complexity index is 1100. The van der Waals surface area contributed by atoms with Gasteiger partial charge in [0.1, 0.15) is 17.4 Å². The fraction of sp³-hybridized carbons (Fsp3) is 0.519. The summed E-state index contributed by atoms with van der Waals surface area (Å²) in [7, 11) is 1.68. The van der Waals surface area contributed by atoms with Crippen molar-refractivity contribution < 1.29 is 23.8 Å². The normalized spacial score (nSPS) is 17.0. The summed E-state index contributed by atoms with van der Waals surface area (Å²) in [5, 5.41) is 0.669. The summed E-state index contributed by atoms with van der Waals surface area (Å²) < 4.78 is 17.0. The Hall–Kier alpha value is -2.71. The molecule has 0 saturated carbocycles. The molecule has 0 unspecified atom stereocenters. The zero-order valence-corrected chi connectivity index (χ0v) is 21.8. The van der Waals surface area contributed by atoms with Crippen molar-refractivity contribution in [1.29, 1.82) is 0 Å². The second kappa shape index (κ2) is 11.4. The fourth-order valence-corrected chi connectivity index (χ4v) is 6.41. The molecule has 1 saturated heterocycles. The van der Waals surface area contributed by atoms with Crippen LogP contribution in [-0.2, 0) is 14.3 Å². The lowest BCUT2D eigenvalue weighted by molar-refractivity contribution is -0.116. The van der Waals surface area contributed by atoms with Crippen LogP contribution in [0.15, 0.2) is 29.3 Å². The third-order valence-corrected chi connectivity index (χ3v) is 8.13. The second-order valence-corrected chi connectivity index (χ2v) is 10.2. The van der Waals surface area contributed by atoms with Crippen molar-refractivity contribution in [2.45, 2.75) is 46.0 Å². The maximum Gasteiger partial charge on any atom is 0.227 e. The molecule has 1 amide bonds. The first-order valence-electron chi connectivity index (χ1n) is 12.2. The van der Waals surface area contributed by atoms with E-state index >= 15 is 0 Å². The van der Waals surface area contributed by atoms with Gasteiger partial charge in [-0.1, -0.05) is 18.2 Å². The van der Waals surface area contributed by atoms with Crippen LogP contribution in [0.25, 0.3) is 0 Å². The minimum absolute atomic E-state index is 0.0453. The first-order valence-corrected chi connectivity index (χ1v) is 13.0. The minimum atomic E-state index is -0.0959. The molecule has 1 aromatic carbocycles. The van der Waals surface area contributed by atoms with Crippen LogP contribution in [0.4, 0.5) is 5.00 Å². The van der Waals surface area contributed by atoms with E-state index in [2.05, 4.69) is 11.1 Å². The van der Waals surface area contributed by atoms with Crippen LogP contribution in [0.2, 0.25) is 0 Å². The largest absolute Gasteiger partial charge is 0.496 e. The molecule has 1 aromatic heterocycles. The molecule has 0 aliphatic carbocycles. The quantitative estimate of drug-likeness (QED) is 0.455. The maximum absolute atomic E-state index is 13.1. The van der Waals surface area contributed by atoms with E-state index in [4.69, 9.17) is 14.2 Å². The molecule has 4 rings (SSSR count). The van der Waals surface area contributed by atoms with E-state index < -0.39 is 0 Å². The SMILES string of the molecule is COc1ccccc1[C@@H](CC1CCOCC1)CN(C(C)=O)c1sc(C2=NCCO2)c(C)c1C(C)=O. The fourth-order valence-electron chi connectivity index (χ4n) is 5.04. The van der Waals surface area contributed by atoms with Crippen LogP contribution in [0.5, 0.6) is 5.75 Å². The number of thiophene rings is 1. The molecular weight excluding hydrogens is 464 g/mol. The summed E-state index contributed by atoms with van der Waals surface area (Å²) in [6.07, 6.45) is 2.92. The Morgan fingerprint density at radius 2 is 1.94 bits per heavy atom. The smallest absolute Gasteiger partial charge is 0.227 e. The molecule has 1 fully saturated rings. The molecular formula is C27H34N2O5S. The molecule has 35 heavy (non-hydrogen) atoms. The standard InChI is InChI=1S/C27H34N2O5S/c1-17-24(18(2)30)27(35-25(17)26-28-11-14-34-26)29(19(3)31)16-21(15-20-9-12-33-13-10-20)22-7-5-6-8-23(22)32-4/h5-8,20-21H,9-16H2,1-4H3/t21-/m0/s1. The topological polar surface area (TPSA) is 77.4 Å². The molecule has 0 radical (unpaired) electrons. The lowest BCUT2D eigenvalue weighted by atomic mass is 9.84. The molecule has 0 bridgehead atoms. The lowest BCUT2D eigenvalue weighted by Crippen LogP contribution is -2.34. The van der Waals surface area contributed by atoms with E-state index in [1.165, 1.54) is 11.3 Å². The number of ether oxygens (including phenoxy) is 3. The van der Waals surface area contributed by atoms with Gasteiger partial charge < -0.3 is 19.1 Å². The Balaban J connectivity index is 1.74. The predicted molar refractivity (Wildman–Crippen MR) is 138 cm³/mol. The van der Waals surface area contributed by atoms with Gasteiger partial charge in [-0.2, -0.15) is 0 Å². The highest BCUT2D eigenvalue weighted by Gasteiger charge is 2.32. The average molecular weight is 499 g/mol. The number of nitrogens with zero attached hydrogens (tertiary/aromatic N) is 2. The van der Waals surface area contributed by atoms with Crippen molar-refractivity contribution in [3.8, 4) is 5.75 Å². The highest BCUT2D eigenvalue weighted by atomic mass is 32.1. The molecule has 2 aromatic rings. The van der Waals surface area contributed by atoms with Crippen molar-refractivity contribution >= 4 is 33.9 Å². The number of anilines is 1. The summed E-state index contributed by atoms with van der Waals surface area (Å²) in [4.78, 5) is 32.9. The molecule has 2 aliphatic rings. The number of rotatable bonds is 9. The number of Topliss-reactive ketones (excluding diaryl/α,β-unsaturated/α-hetero) is 1. The summed E-state index contributed by atoms with van der Waals surface area (Å²) in [5.41, 5.74) is 2.47. The van der Waals surface area contributed by atoms with Gasteiger partial charge in [0.15, 0.2) is 5.78 Å².